The van der Waals surface area contributed by atoms with Crippen LogP contribution in [0, 0.1) is 5.92 Å². The SMILES string of the molecule is CCC(C)CC(NN)c1cc(OC)ccc1Br. The first-order chi connectivity index (χ1) is 8.12. The van der Waals surface area contributed by atoms with Crippen molar-refractivity contribution in [3.8, 4) is 5.75 Å². The molecule has 0 aliphatic rings. The zero-order valence-corrected chi connectivity index (χ0v) is 12.3. The molecule has 0 amide bonds. The van der Waals surface area contributed by atoms with E-state index in [0.717, 1.165) is 28.6 Å². The molecule has 0 fully saturated rings. The third kappa shape index (κ3) is 3.98. The fourth-order valence-corrected chi connectivity index (χ4v) is 2.29. The highest BCUT2D eigenvalue weighted by atomic mass is 79.9. The maximum atomic E-state index is 5.66. The lowest BCUT2D eigenvalue weighted by Crippen LogP contribution is -2.29. The lowest BCUT2D eigenvalue weighted by atomic mass is 9.94. The first-order valence-electron chi connectivity index (χ1n) is 5.91. The third-order valence-electron chi connectivity index (χ3n) is 3.11. The number of hydrogen-bond donors (Lipinski definition) is 2. The van der Waals surface area contributed by atoms with E-state index in [9.17, 15) is 0 Å². The Morgan fingerprint density at radius 3 is 2.71 bits per heavy atom. The predicted molar refractivity (Wildman–Crippen MR) is 74.8 cm³/mol. The van der Waals surface area contributed by atoms with Gasteiger partial charge in [0.25, 0.3) is 0 Å². The molecule has 3 N–H and O–H groups in total. The van der Waals surface area contributed by atoms with E-state index in [1.165, 1.54) is 0 Å². The van der Waals surface area contributed by atoms with Gasteiger partial charge in [-0.3, -0.25) is 11.3 Å². The molecule has 96 valence electrons. The first kappa shape index (κ1) is 14.5. The van der Waals surface area contributed by atoms with Crippen molar-refractivity contribution in [3.05, 3.63) is 28.2 Å². The number of ether oxygens (including phenoxy) is 1. The summed E-state index contributed by atoms with van der Waals surface area (Å²) < 4.78 is 6.31. The minimum atomic E-state index is 0.148. The summed E-state index contributed by atoms with van der Waals surface area (Å²) in [5.41, 5.74) is 4.04. The van der Waals surface area contributed by atoms with E-state index in [-0.39, 0.29) is 6.04 Å². The van der Waals surface area contributed by atoms with Crippen molar-refractivity contribution < 1.29 is 4.74 Å². The molecule has 0 aliphatic heterocycles. The summed E-state index contributed by atoms with van der Waals surface area (Å²) in [6, 6.07) is 6.10. The summed E-state index contributed by atoms with van der Waals surface area (Å²) in [6.07, 6.45) is 2.17. The van der Waals surface area contributed by atoms with Gasteiger partial charge >= 0.3 is 0 Å². The molecular formula is C13H21BrN2O. The van der Waals surface area contributed by atoms with E-state index in [0.29, 0.717) is 5.92 Å². The summed E-state index contributed by atoms with van der Waals surface area (Å²) >= 11 is 3.56. The van der Waals surface area contributed by atoms with Gasteiger partial charge in [-0.15, -0.1) is 0 Å². The van der Waals surface area contributed by atoms with Crippen LogP contribution in [0.1, 0.15) is 38.3 Å². The van der Waals surface area contributed by atoms with Crippen molar-refractivity contribution in [2.24, 2.45) is 11.8 Å². The van der Waals surface area contributed by atoms with Crippen LogP contribution in [0.4, 0.5) is 0 Å². The Bertz CT molecular complexity index is 357. The van der Waals surface area contributed by atoms with Crippen LogP contribution in [0.2, 0.25) is 0 Å². The van der Waals surface area contributed by atoms with Gasteiger partial charge in [0, 0.05) is 10.5 Å². The van der Waals surface area contributed by atoms with Crippen molar-refractivity contribution >= 4 is 15.9 Å². The molecule has 2 unspecified atom stereocenters. The minimum Gasteiger partial charge on any atom is -0.497 e. The fourth-order valence-electron chi connectivity index (χ4n) is 1.77. The molecule has 17 heavy (non-hydrogen) atoms. The lowest BCUT2D eigenvalue weighted by molar-refractivity contribution is 0.397. The van der Waals surface area contributed by atoms with Crippen LogP contribution >= 0.6 is 15.9 Å². The van der Waals surface area contributed by atoms with Gasteiger partial charge in [-0.05, 0) is 36.1 Å². The van der Waals surface area contributed by atoms with Crippen LogP contribution in [0.25, 0.3) is 0 Å². The number of methoxy groups -OCH3 is 1. The topological polar surface area (TPSA) is 47.3 Å². The molecule has 1 rings (SSSR count). The molecule has 0 aliphatic carbocycles. The van der Waals surface area contributed by atoms with Gasteiger partial charge in [0.2, 0.25) is 0 Å². The van der Waals surface area contributed by atoms with Crippen molar-refractivity contribution in [2.75, 3.05) is 7.11 Å². The van der Waals surface area contributed by atoms with Crippen LogP contribution in [0.5, 0.6) is 5.75 Å². The number of rotatable bonds is 6. The molecule has 0 radical (unpaired) electrons. The van der Waals surface area contributed by atoms with Gasteiger partial charge in [0.15, 0.2) is 0 Å². The molecule has 3 nitrogen and oxygen atoms in total. The molecule has 1 aromatic carbocycles. The molecule has 0 saturated carbocycles. The Balaban J connectivity index is 2.93. The van der Waals surface area contributed by atoms with E-state index in [1.807, 2.05) is 18.2 Å². The molecule has 2 atom stereocenters. The number of halogens is 1. The summed E-state index contributed by atoms with van der Waals surface area (Å²) in [4.78, 5) is 0. The predicted octanol–water partition coefficient (Wildman–Crippen LogP) is 3.40. The Labute approximate surface area is 112 Å². The van der Waals surface area contributed by atoms with Gasteiger partial charge < -0.3 is 4.74 Å². The fraction of sp³-hybridized carbons (Fsp3) is 0.538. The minimum absolute atomic E-state index is 0.148. The van der Waals surface area contributed by atoms with E-state index < -0.39 is 0 Å². The standard InChI is InChI=1S/C13H21BrN2O/c1-4-9(2)7-13(16-15)11-8-10(17-3)5-6-12(11)14/h5-6,8-9,13,16H,4,7,15H2,1-3H3. The first-order valence-corrected chi connectivity index (χ1v) is 6.71. The van der Waals surface area contributed by atoms with Gasteiger partial charge in [-0.1, -0.05) is 36.2 Å². The molecule has 1 aromatic rings. The maximum absolute atomic E-state index is 5.66. The summed E-state index contributed by atoms with van der Waals surface area (Å²) in [5.74, 6) is 7.14. The Kier molecular flexibility index (Phi) is 5.95. The number of nitrogens with two attached hydrogens (primary N) is 1. The van der Waals surface area contributed by atoms with Crippen LogP contribution in [0.3, 0.4) is 0 Å². The highest BCUT2D eigenvalue weighted by molar-refractivity contribution is 9.10. The zero-order chi connectivity index (χ0) is 12.8. The molecule has 0 heterocycles. The van der Waals surface area contributed by atoms with Gasteiger partial charge in [-0.25, -0.2) is 0 Å². The van der Waals surface area contributed by atoms with Crippen molar-refractivity contribution in [2.45, 2.75) is 32.7 Å². The van der Waals surface area contributed by atoms with E-state index in [2.05, 4.69) is 35.2 Å². The number of hydrazine groups is 1. The lowest BCUT2D eigenvalue weighted by Gasteiger charge is -2.21. The average Bonchev–Trinajstić information content (AvgIpc) is 2.36. The van der Waals surface area contributed by atoms with Crippen LogP contribution in [0.15, 0.2) is 22.7 Å². The second-order valence-corrected chi connectivity index (χ2v) is 5.21. The van der Waals surface area contributed by atoms with E-state index >= 15 is 0 Å². The molecular weight excluding hydrogens is 280 g/mol. The number of hydrogen-bond acceptors (Lipinski definition) is 3. The monoisotopic (exact) mass is 300 g/mol. The Morgan fingerprint density at radius 2 is 2.18 bits per heavy atom. The number of nitrogens with one attached hydrogen (secondary N) is 1. The summed E-state index contributed by atoms with van der Waals surface area (Å²) in [5, 5.41) is 0. The van der Waals surface area contributed by atoms with Crippen LogP contribution in [-0.2, 0) is 0 Å². The molecule has 0 spiro atoms. The normalized spacial score (nSPS) is 14.4. The second-order valence-electron chi connectivity index (χ2n) is 4.36. The second kappa shape index (κ2) is 6.99. The van der Waals surface area contributed by atoms with Crippen LogP contribution < -0.4 is 16.0 Å². The summed E-state index contributed by atoms with van der Waals surface area (Å²) in [6.45, 7) is 4.43. The molecule has 0 saturated heterocycles. The molecule has 0 bridgehead atoms. The Hall–Kier alpha value is -0.580. The highest BCUT2D eigenvalue weighted by Gasteiger charge is 2.16. The average molecular weight is 301 g/mol. The van der Waals surface area contributed by atoms with Crippen molar-refractivity contribution in [1.82, 2.24) is 5.43 Å². The zero-order valence-electron chi connectivity index (χ0n) is 10.7. The van der Waals surface area contributed by atoms with Gasteiger partial charge in [0.1, 0.15) is 5.75 Å². The van der Waals surface area contributed by atoms with E-state index in [4.69, 9.17) is 10.6 Å². The highest BCUT2D eigenvalue weighted by Crippen LogP contribution is 2.31. The number of benzene rings is 1. The van der Waals surface area contributed by atoms with Gasteiger partial charge in [0.05, 0.1) is 7.11 Å². The van der Waals surface area contributed by atoms with E-state index in [1.54, 1.807) is 7.11 Å². The maximum Gasteiger partial charge on any atom is 0.119 e. The smallest absolute Gasteiger partial charge is 0.119 e. The summed E-state index contributed by atoms with van der Waals surface area (Å²) in [7, 11) is 1.67. The largest absolute Gasteiger partial charge is 0.497 e. The molecule has 0 aromatic heterocycles. The van der Waals surface area contributed by atoms with Gasteiger partial charge in [-0.2, -0.15) is 0 Å². The third-order valence-corrected chi connectivity index (χ3v) is 3.84. The van der Waals surface area contributed by atoms with Crippen molar-refractivity contribution in [3.63, 3.8) is 0 Å². The van der Waals surface area contributed by atoms with Crippen molar-refractivity contribution in [1.29, 1.82) is 0 Å². The quantitative estimate of drug-likeness (QED) is 0.625. The van der Waals surface area contributed by atoms with Crippen LogP contribution in [-0.4, -0.2) is 7.11 Å². The molecule has 4 heteroatoms. The Morgan fingerprint density at radius 1 is 1.47 bits per heavy atom.